The molecule has 3 aromatic carbocycles. The first kappa shape index (κ1) is 26.3. The van der Waals surface area contributed by atoms with Crippen molar-refractivity contribution < 1.29 is 22.7 Å². The van der Waals surface area contributed by atoms with E-state index in [1.807, 2.05) is 18.2 Å². The van der Waals surface area contributed by atoms with Gasteiger partial charge in [-0.1, -0.05) is 47.5 Å². The Morgan fingerprint density at radius 3 is 2.66 bits per heavy atom. The quantitative estimate of drug-likeness (QED) is 0.408. The number of halogens is 2. The van der Waals surface area contributed by atoms with E-state index < -0.39 is 34.3 Å². The number of nitrogens with two attached hydrogens (primary N) is 1. The SMILES string of the molecule is NCc1ccc2c(c1)OCC[C@H]2NC(=O)C[C@@H]1C(=O)Nc2ccccc2N1S(=O)(=O)c1ccc(Cl)c(Cl)c1. The van der Waals surface area contributed by atoms with Crippen molar-refractivity contribution in [2.75, 3.05) is 16.2 Å². The summed E-state index contributed by atoms with van der Waals surface area (Å²) < 4.78 is 34.4. The zero-order chi connectivity index (χ0) is 27.0. The van der Waals surface area contributed by atoms with Crippen LogP contribution in [0.3, 0.4) is 0 Å². The van der Waals surface area contributed by atoms with Gasteiger partial charge in [-0.05, 0) is 42.0 Å². The van der Waals surface area contributed by atoms with Crippen molar-refractivity contribution >= 4 is 56.4 Å². The van der Waals surface area contributed by atoms with Crippen molar-refractivity contribution in [3.05, 3.63) is 81.8 Å². The number of amides is 2. The largest absolute Gasteiger partial charge is 0.493 e. The van der Waals surface area contributed by atoms with Gasteiger partial charge in [-0.15, -0.1) is 0 Å². The number of benzene rings is 3. The summed E-state index contributed by atoms with van der Waals surface area (Å²) in [5, 5.41) is 5.90. The van der Waals surface area contributed by atoms with E-state index in [1.54, 1.807) is 24.3 Å². The molecule has 0 spiro atoms. The van der Waals surface area contributed by atoms with Crippen molar-refractivity contribution in [1.82, 2.24) is 5.32 Å². The van der Waals surface area contributed by atoms with Gasteiger partial charge in [-0.3, -0.25) is 13.9 Å². The van der Waals surface area contributed by atoms with Crippen LogP contribution in [0.15, 0.2) is 65.6 Å². The molecule has 0 saturated carbocycles. The highest BCUT2D eigenvalue weighted by Crippen LogP contribution is 2.39. The van der Waals surface area contributed by atoms with Crippen LogP contribution >= 0.6 is 23.2 Å². The second-order valence-electron chi connectivity index (χ2n) is 8.94. The molecule has 38 heavy (non-hydrogen) atoms. The van der Waals surface area contributed by atoms with Gasteiger partial charge in [-0.2, -0.15) is 0 Å². The minimum absolute atomic E-state index is 0.0488. The normalized spacial score (nSPS) is 18.6. The van der Waals surface area contributed by atoms with Crippen molar-refractivity contribution in [2.24, 2.45) is 5.73 Å². The molecule has 0 aromatic heterocycles. The molecule has 0 bridgehead atoms. The molecule has 2 heterocycles. The Labute approximate surface area is 229 Å². The number of hydrogen-bond acceptors (Lipinski definition) is 6. The maximum absolute atomic E-state index is 13.9. The number of anilines is 2. The standard InChI is InChI=1S/C26H24Cl2N4O5S/c27-18-8-6-16(12-19(18)28)38(35,36)32-22-4-2-1-3-21(22)31-26(34)23(32)13-25(33)30-20-9-10-37-24-11-15(14-29)5-7-17(20)24/h1-8,11-12,20,23H,9-10,13-14,29H2,(H,30,33)(H,31,34)/t20-,23-/m1/s1. The molecule has 12 heteroatoms. The lowest BCUT2D eigenvalue weighted by Gasteiger charge is -2.37. The van der Waals surface area contributed by atoms with Gasteiger partial charge in [0.2, 0.25) is 11.8 Å². The first-order valence-electron chi connectivity index (χ1n) is 11.8. The van der Waals surface area contributed by atoms with Crippen LogP contribution in [0, 0.1) is 0 Å². The molecule has 2 amide bonds. The minimum Gasteiger partial charge on any atom is -0.493 e. The predicted molar refractivity (Wildman–Crippen MR) is 145 cm³/mol. The van der Waals surface area contributed by atoms with Gasteiger partial charge in [0.1, 0.15) is 11.8 Å². The lowest BCUT2D eigenvalue weighted by Crippen LogP contribution is -2.53. The molecule has 0 aliphatic carbocycles. The Morgan fingerprint density at radius 2 is 1.89 bits per heavy atom. The molecule has 0 fully saturated rings. The summed E-state index contributed by atoms with van der Waals surface area (Å²) in [7, 11) is -4.31. The van der Waals surface area contributed by atoms with Gasteiger partial charge in [0.15, 0.2) is 0 Å². The third kappa shape index (κ3) is 4.92. The Balaban J connectivity index is 1.46. The lowest BCUT2D eigenvalue weighted by atomic mass is 9.98. The number of fused-ring (bicyclic) bond motifs is 2. The van der Waals surface area contributed by atoms with E-state index in [0.717, 1.165) is 15.4 Å². The average Bonchev–Trinajstić information content (AvgIpc) is 2.90. The monoisotopic (exact) mass is 574 g/mol. The molecule has 0 unspecified atom stereocenters. The number of carbonyl (C=O) groups is 2. The molecule has 198 valence electrons. The molecule has 3 aromatic rings. The fourth-order valence-corrected chi connectivity index (χ4v) is 6.65. The van der Waals surface area contributed by atoms with Gasteiger partial charge in [-0.25, -0.2) is 8.42 Å². The summed E-state index contributed by atoms with van der Waals surface area (Å²) in [6.45, 7) is 0.746. The molecule has 5 rings (SSSR count). The van der Waals surface area contributed by atoms with Crippen molar-refractivity contribution in [1.29, 1.82) is 0 Å². The highest BCUT2D eigenvalue weighted by Gasteiger charge is 2.42. The Morgan fingerprint density at radius 1 is 1.11 bits per heavy atom. The van der Waals surface area contributed by atoms with Gasteiger partial charge in [0.25, 0.3) is 10.0 Å². The third-order valence-electron chi connectivity index (χ3n) is 6.50. The summed E-state index contributed by atoms with van der Waals surface area (Å²) in [5.74, 6) is -0.472. The summed E-state index contributed by atoms with van der Waals surface area (Å²) >= 11 is 12.1. The van der Waals surface area contributed by atoms with Gasteiger partial charge in [0, 0.05) is 18.5 Å². The molecular weight excluding hydrogens is 551 g/mol. The fraction of sp³-hybridized carbons (Fsp3) is 0.231. The van der Waals surface area contributed by atoms with Gasteiger partial charge < -0.3 is 21.1 Å². The summed E-state index contributed by atoms with van der Waals surface area (Å²) in [5.41, 5.74) is 7.97. The predicted octanol–water partition coefficient (Wildman–Crippen LogP) is 4.00. The fourth-order valence-electron chi connectivity index (χ4n) is 4.63. The van der Waals surface area contributed by atoms with Crippen LogP contribution in [0.5, 0.6) is 5.75 Å². The van der Waals surface area contributed by atoms with Crippen LogP contribution < -0.4 is 25.4 Å². The van der Waals surface area contributed by atoms with E-state index in [0.29, 0.717) is 31.0 Å². The summed E-state index contributed by atoms with van der Waals surface area (Å²) in [6.07, 6.45) is 0.111. The highest BCUT2D eigenvalue weighted by molar-refractivity contribution is 7.93. The molecule has 2 atom stereocenters. The number of hydrogen-bond donors (Lipinski definition) is 3. The Kier molecular flexibility index (Phi) is 7.23. The third-order valence-corrected chi connectivity index (χ3v) is 9.06. The zero-order valence-corrected chi connectivity index (χ0v) is 22.3. The summed E-state index contributed by atoms with van der Waals surface area (Å²) in [6, 6.07) is 14.2. The molecule has 0 radical (unpaired) electrons. The number of rotatable bonds is 6. The topological polar surface area (TPSA) is 131 Å². The van der Waals surface area contributed by atoms with Crippen LogP contribution in [0.2, 0.25) is 10.0 Å². The molecule has 9 nitrogen and oxygen atoms in total. The maximum atomic E-state index is 13.9. The van der Waals surface area contributed by atoms with Crippen LogP contribution in [-0.4, -0.2) is 32.9 Å². The number of carbonyl (C=O) groups excluding carboxylic acids is 2. The van der Waals surface area contributed by atoms with E-state index in [1.165, 1.54) is 18.2 Å². The average molecular weight is 575 g/mol. The molecule has 0 saturated heterocycles. The molecule has 2 aliphatic rings. The van der Waals surface area contributed by atoms with E-state index in [2.05, 4.69) is 10.6 Å². The van der Waals surface area contributed by atoms with E-state index in [9.17, 15) is 18.0 Å². The maximum Gasteiger partial charge on any atom is 0.265 e. The molecule has 2 aliphatic heterocycles. The zero-order valence-electron chi connectivity index (χ0n) is 20.0. The second kappa shape index (κ2) is 10.5. The van der Waals surface area contributed by atoms with Crippen LogP contribution in [0.4, 0.5) is 11.4 Å². The minimum atomic E-state index is -4.31. The van der Waals surface area contributed by atoms with Crippen molar-refractivity contribution in [2.45, 2.75) is 36.4 Å². The second-order valence-corrected chi connectivity index (χ2v) is 11.6. The van der Waals surface area contributed by atoms with Gasteiger partial charge >= 0.3 is 0 Å². The van der Waals surface area contributed by atoms with E-state index in [4.69, 9.17) is 33.7 Å². The van der Waals surface area contributed by atoms with Crippen LogP contribution in [-0.2, 0) is 26.2 Å². The first-order valence-corrected chi connectivity index (χ1v) is 14.0. The number of nitrogens with one attached hydrogen (secondary N) is 2. The van der Waals surface area contributed by atoms with E-state index >= 15 is 0 Å². The summed E-state index contributed by atoms with van der Waals surface area (Å²) in [4.78, 5) is 26.3. The number of para-hydroxylation sites is 2. The number of nitrogens with zero attached hydrogens (tertiary/aromatic N) is 1. The van der Waals surface area contributed by atoms with Crippen molar-refractivity contribution in [3.63, 3.8) is 0 Å². The Hall–Kier alpha value is -3.31. The van der Waals surface area contributed by atoms with Gasteiger partial charge in [0.05, 0.1) is 45.4 Å². The first-order chi connectivity index (χ1) is 18.2. The van der Waals surface area contributed by atoms with Crippen molar-refractivity contribution in [3.8, 4) is 5.75 Å². The smallest absolute Gasteiger partial charge is 0.265 e. The molecule has 4 N–H and O–H groups in total. The number of sulfonamides is 1. The van der Waals surface area contributed by atoms with Crippen LogP contribution in [0.25, 0.3) is 0 Å². The van der Waals surface area contributed by atoms with E-state index in [-0.39, 0.29) is 26.7 Å². The van der Waals surface area contributed by atoms with Crippen LogP contribution in [0.1, 0.15) is 30.0 Å². The number of ether oxygens (including phenoxy) is 1. The molecular formula is C26H24Cl2N4O5S. The highest BCUT2D eigenvalue weighted by atomic mass is 35.5. The lowest BCUT2D eigenvalue weighted by molar-refractivity contribution is -0.125. The Bertz CT molecular complexity index is 1530.